The first-order chi connectivity index (χ1) is 6.13. The summed E-state index contributed by atoms with van der Waals surface area (Å²) in [7, 11) is 3.56. The van der Waals surface area contributed by atoms with Crippen molar-refractivity contribution < 1.29 is 9.53 Å². The Morgan fingerprint density at radius 2 is 2.23 bits per heavy atom. The molecule has 0 rings (SSSR count). The number of likely N-dealkylation sites (N-methyl/N-ethyl adjacent to an activating group) is 2. The van der Waals surface area contributed by atoms with E-state index < -0.39 is 0 Å². The fourth-order valence-corrected chi connectivity index (χ4v) is 0.910. The van der Waals surface area contributed by atoms with Gasteiger partial charge in [-0.2, -0.15) is 0 Å². The van der Waals surface area contributed by atoms with Crippen LogP contribution in [0, 0.1) is 0 Å². The zero-order valence-electron chi connectivity index (χ0n) is 8.96. The molecule has 0 bridgehead atoms. The molecule has 1 amide bonds. The lowest BCUT2D eigenvalue weighted by Crippen LogP contribution is -2.42. The van der Waals surface area contributed by atoms with E-state index in [1.54, 1.807) is 19.0 Å². The molecule has 13 heavy (non-hydrogen) atoms. The van der Waals surface area contributed by atoms with E-state index >= 15 is 0 Å². The number of carbonyl (C=O) groups excluding carboxylic acids is 1. The summed E-state index contributed by atoms with van der Waals surface area (Å²) >= 11 is 0. The average Bonchev–Trinajstić information content (AvgIpc) is 2.15. The molecule has 0 aromatic rings. The Balaban J connectivity index is 3.69. The molecule has 0 spiro atoms. The van der Waals surface area contributed by atoms with Gasteiger partial charge in [0.1, 0.15) is 0 Å². The molecule has 0 aliphatic heterocycles. The summed E-state index contributed by atoms with van der Waals surface area (Å²) in [6.07, 6.45) is 0. The van der Waals surface area contributed by atoms with Crippen molar-refractivity contribution in [3.05, 3.63) is 0 Å². The Kier molecular flexibility index (Phi) is 6.54. The highest BCUT2D eigenvalue weighted by Gasteiger charge is 2.14. The average molecular weight is 188 g/mol. The summed E-state index contributed by atoms with van der Waals surface area (Å²) in [6.45, 7) is 5.75. The summed E-state index contributed by atoms with van der Waals surface area (Å²) in [5, 5.41) is 2.90. The lowest BCUT2D eigenvalue weighted by Gasteiger charge is -2.20. The second kappa shape index (κ2) is 6.86. The number of ether oxygens (including phenoxy) is 1. The third-order valence-corrected chi connectivity index (χ3v) is 1.95. The minimum Gasteiger partial charge on any atom is -0.380 e. The van der Waals surface area contributed by atoms with Crippen molar-refractivity contribution in [2.24, 2.45) is 0 Å². The Morgan fingerprint density at radius 3 is 2.69 bits per heavy atom. The smallest absolute Gasteiger partial charge is 0.239 e. The number of hydrogen-bond acceptors (Lipinski definition) is 3. The topological polar surface area (TPSA) is 41.6 Å². The number of carbonyl (C=O) groups is 1. The zero-order valence-corrected chi connectivity index (χ0v) is 8.96. The van der Waals surface area contributed by atoms with Crippen LogP contribution in [0.1, 0.15) is 13.8 Å². The summed E-state index contributed by atoms with van der Waals surface area (Å²) in [6, 6.07) is -0.119. The molecule has 0 aliphatic carbocycles. The largest absolute Gasteiger partial charge is 0.380 e. The fraction of sp³-hybridized carbons (Fsp3) is 0.889. The van der Waals surface area contributed by atoms with E-state index in [-0.39, 0.29) is 11.9 Å². The molecule has 1 atom stereocenters. The lowest BCUT2D eigenvalue weighted by atomic mass is 10.3. The van der Waals surface area contributed by atoms with Crippen LogP contribution in [0.25, 0.3) is 0 Å². The van der Waals surface area contributed by atoms with E-state index in [9.17, 15) is 4.79 Å². The molecule has 0 saturated heterocycles. The van der Waals surface area contributed by atoms with Crippen LogP contribution < -0.4 is 5.32 Å². The Hall–Kier alpha value is -0.610. The number of amides is 1. The first-order valence-electron chi connectivity index (χ1n) is 4.63. The molecular formula is C9H20N2O2. The molecule has 4 nitrogen and oxygen atoms in total. The monoisotopic (exact) mass is 188 g/mol. The van der Waals surface area contributed by atoms with Gasteiger partial charge in [-0.25, -0.2) is 0 Å². The van der Waals surface area contributed by atoms with E-state index in [0.717, 1.165) is 0 Å². The highest BCUT2D eigenvalue weighted by molar-refractivity contribution is 5.81. The van der Waals surface area contributed by atoms with Gasteiger partial charge < -0.3 is 15.0 Å². The number of rotatable bonds is 6. The summed E-state index contributed by atoms with van der Waals surface area (Å²) in [4.78, 5) is 13.2. The quantitative estimate of drug-likeness (QED) is 0.601. The summed E-state index contributed by atoms with van der Waals surface area (Å²) < 4.78 is 5.15. The third kappa shape index (κ3) is 4.85. The predicted octanol–water partition coefficient (Wildman–Crippen LogP) is 0.0892. The van der Waals surface area contributed by atoms with Gasteiger partial charge >= 0.3 is 0 Å². The molecule has 1 unspecified atom stereocenters. The highest BCUT2D eigenvalue weighted by Crippen LogP contribution is 1.91. The zero-order chi connectivity index (χ0) is 10.3. The van der Waals surface area contributed by atoms with Crippen LogP contribution in [0.5, 0.6) is 0 Å². The van der Waals surface area contributed by atoms with Crippen molar-refractivity contribution in [3.8, 4) is 0 Å². The molecule has 0 fully saturated rings. The SMILES string of the molecule is CCOCCN(C)C(=O)C(C)NC. The minimum atomic E-state index is -0.119. The van der Waals surface area contributed by atoms with Crippen molar-refractivity contribution in [3.63, 3.8) is 0 Å². The van der Waals surface area contributed by atoms with Gasteiger partial charge in [0.25, 0.3) is 0 Å². The van der Waals surface area contributed by atoms with Crippen molar-refractivity contribution in [1.29, 1.82) is 0 Å². The predicted molar refractivity (Wildman–Crippen MR) is 52.7 cm³/mol. The van der Waals surface area contributed by atoms with Crippen LogP contribution in [0.15, 0.2) is 0 Å². The fourth-order valence-electron chi connectivity index (χ4n) is 0.910. The number of nitrogens with zero attached hydrogens (tertiary/aromatic N) is 1. The summed E-state index contributed by atoms with van der Waals surface area (Å²) in [5.41, 5.74) is 0. The maximum absolute atomic E-state index is 11.5. The van der Waals surface area contributed by atoms with Crippen molar-refractivity contribution >= 4 is 5.91 Å². The number of nitrogens with one attached hydrogen (secondary N) is 1. The molecule has 4 heteroatoms. The van der Waals surface area contributed by atoms with Crippen LogP contribution in [-0.4, -0.2) is 50.7 Å². The van der Waals surface area contributed by atoms with Gasteiger partial charge in [0.2, 0.25) is 5.91 Å². The van der Waals surface area contributed by atoms with Gasteiger partial charge in [0.05, 0.1) is 12.6 Å². The molecule has 0 aromatic carbocycles. The maximum Gasteiger partial charge on any atom is 0.239 e. The molecule has 0 aliphatic rings. The van der Waals surface area contributed by atoms with E-state index in [0.29, 0.717) is 19.8 Å². The molecule has 78 valence electrons. The maximum atomic E-state index is 11.5. The molecule has 1 N–H and O–H groups in total. The minimum absolute atomic E-state index is 0.0993. The Labute approximate surface area is 80.2 Å². The van der Waals surface area contributed by atoms with Gasteiger partial charge in [-0.15, -0.1) is 0 Å². The van der Waals surface area contributed by atoms with Crippen LogP contribution >= 0.6 is 0 Å². The van der Waals surface area contributed by atoms with Crippen LogP contribution in [0.2, 0.25) is 0 Å². The van der Waals surface area contributed by atoms with Crippen LogP contribution in [0.4, 0.5) is 0 Å². The second-order valence-corrected chi connectivity index (χ2v) is 2.97. The van der Waals surface area contributed by atoms with E-state index in [4.69, 9.17) is 4.74 Å². The lowest BCUT2D eigenvalue weighted by molar-refractivity contribution is -0.132. The van der Waals surface area contributed by atoms with E-state index in [1.165, 1.54) is 0 Å². The van der Waals surface area contributed by atoms with Gasteiger partial charge in [-0.1, -0.05) is 0 Å². The Bertz CT molecular complexity index is 151. The molecule has 0 heterocycles. The van der Waals surface area contributed by atoms with Crippen molar-refractivity contribution in [2.45, 2.75) is 19.9 Å². The highest BCUT2D eigenvalue weighted by atomic mass is 16.5. The van der Waals surface area contributed by atoms with Crippen LogP contribution in [0.3, 0.4) is 0 Å². The number of hydrogen-bond donors (Lipinski definition) is 1. The normalized spacial score (nSPS) is 12.6. The van der Waals surface area contributed by atoms with Gasteiger partial charge in [-0.05, 0) is 20.9 Å². The van der Waals surface area contributed by atoms with Gasteiger partial charge in [-0.3, -0.25) is 4.79 Å². The van der Waals surface area contributed by atoms with E-state index in [2.05, 4.69) is 5.32 Å². The molecule has 0 aromatic heterocycles. The molecule has 0 radical (unpaired) electrons. The molecule has 0 saturated carbocycles. The molecular weight excluding hydrogens is 168 g/mol. The second-order valence-electron chi connectivity index (χ2n) is 2.97. The van der Waals surface area contributed by atoms with E-state index in [1.807, 2.05) is 13.8 Å². The first-order valence-corrected chi connectivity index (χ1v) is 4.63. The van der Waals surface area contributed by atoms with Crippen molar-refractivity contribution in [2.75, 3.05) is 33.9 Å². The van der Waals surface area contributed by atoms with Crippen LogP contribution in [-0.2, 0) is 9.53 Å². The Morgan fingerprint density at radius 1 is 1.62 bits per heavy atom. The first kappa shape index (κ1) is 12.4. The standard InChI is InChI=1S/C9H20N2O2/c1-5-13-7-6-11(4)9(12)8(2)10-3/h8,10H,5-7H2,1-4H3. The third-order valence-electron chi connectivity index (χ3n) is 1.95. The summed E-state index contributed by atoms with van der Waals surface area (Å²) in [5.74, 6) is 0.0993. The van der Waals surface area contributed by atoms with Gasteiger partial charge in [0.15, 0.2) is 0 Å². The van der Waals surface area contributed by atoms with Crippen molar-refractivity contribution in [1.82, 2.24) is 10.2 Å². The van der Waals surface area contributed by atoms with Gasteiger partial charge in [0, 0.05) is 20.2 Å².